The number of hydrogen-bond donors (Lipinski definition) is 2. The summed E-state index contributed by atoms with van der Waals surface area (Å²) >= 11 is 0. The number of aromatic amines is 1. The van der Waals surface area contributed by atoms with Crippen LogP contribution in [0.2, 0.25) is 0 Å². The number of carbonyl (C=O) groups is 2. The Hall–Kier alpha value is -2.87. The minimum Gasteiger partial charge on any atom is -0.356 e. The van der Waals surface area contributed by atoms with Crippen LogP contribution in [0.5, 0.6) is 0 Å². The van der Waals surface area contributed by atoms with Crippen LogP contribution in [0.3, 0.4) is 0 Å². The molecule has 5 heteroatoms. The zero-order valence-corrected chi connectivity index (χ0v) is 10.2. The van der Waals surface area contributed by atoms with Gasteiger partial charge in [-0.05, 0) is 37.3 Å². The topological polar surface area (TPSA) is 85.8 Å². The second-order valence-corrected chi connectivity index (χ2v) is 4.00. The van der Waals surface area contributed by atoms with Gasteiger partial charge in [-0.1, -0.05) is 0 Å². The normalized spacial score (nSPS) is 9.68. The van der Waals surface area contributed by atoms with Crippen molar-refractivity contribution in [3.05, 3.63) is 53.3 Å². The predicted molar refractivity (Wildman–Crippen MR) is 69.9 cm³/mol. The largest absolute Gasteiger partial charge is 0.356 e. The summed E-state index contributed by atoms with van der Waals surface area (Å²) in [5, 5.41) is 11.3. The van der Waals surface area contributed by atoms with E-state index in [4.69, 9.17) is 5.26 Å². The van der Waals surface area contributed by atoms with Gasteiger partial charge in [0.15, 0.2) is 5.78 Å². The molecule has 5 nitrogen and oxygen atoms in total. The minimum absolute atomic E-state index is 0.103. The SMILES string of the molecule is CC(=O)c1c[nH]c(C(=O)Nc2ccc(C#N)cc2)c1. The number of nitrogens with zero attached hydrogens (tertiary/aromatic N) is 1. The molecule has 1 aromatic heterocycles. The van der Waals surface area contributed by atoms with Crippen molar-refractivity contribution in [2.24, 2.45) is 0 Å². The van der Waals surface area contributed by atoms with Crippen molar-refractivity contribution in [3.63, 3.8) is 0 Å². The molecule has 0 saturated heterocycles. The van der Waals surface area contributed by atoms with Crippen LogP contribution in [0.1, 0.15) is 33.3 Å². The second kappa shape index (κ2) is 5.19. The van der Waals surface area contributed by atoms with Crippen molar-refractivity contribution < 1.29 is 9.59 Å². The van der Waals surface area contributed by atoms with Crippen molar-refractivity contribution in [1.29, 1.82) is 5.26 Å². The maximum absolute atomic E-state index is 11.9. The number of rotatable bonds is 3. The molecular formula is C14H11N3O2. The zero-order chi connectivity index (χ0) is 13.8. The van der Waals surface area contributed by atoms with E-state index in [9.17, 15) is 9.59 Å². The van der Waals surface area contributed by atoms with E-state index < -0.39 is 0 Å². The Labute approximate surface area is 109 Å². The summed E-state index contributed by atoms with van der Waals surface area (Å²) < 4.78 is 0. The Kier molecular flexibility index (Phi) is 3.44. The van der Waals surface area contributed by atoms with Crippen LogP contribution in [-0.4, -0.2) is 16.7 Å². The molecule has 0 aliphatic heterocycles. The van der Waals surface area contributed by atoms with Crippen LogP contribution >= 0.6 is 0 Å². The molecule has 0 spiro atoms. The molecule has 1 heterocycles. The maximum Gasteiger partial charge on any atom is 0.272 e. The number of nitriles is 1. The van der Waals surface area contributed by atoms with Crippen LogP contribution in [0.4, 0.5) is 5.69 Å². The lowest BCUT2D eigenvalue weighted by molar-refractivity contribution is 0.101. The first-order chi connectivity index (χ1) is 9.10. The molecule has 0 aliphatic carbocycles. The number of anilines is 1. The van der Waals surface area contributed by atoms with Crippen molar-refractivity contribution >= 4 is 17.4 Å². The number of aromatic nitrogens is 1. The number of benzene rings is 1. The van der Waals surface area contributed by atoms with Gasteiger partial charge in [0.05, 0.1) is 11.6 Å². The Morgan fingerprint density at radius 2 is 1.95 bits per heavy atom. The number of hydrogen-bond acceptors (Lipinski definition) is 3. The fourth-order valence-electron chi connectivity index (χ4n) is 1.56. The van der Waals surface area contributed by atoms with Crippen molar-refractivity contribution in [2.45, 2.75) is 6.92 Å². The fourth-order valence-corrected chi connectivity index (χ4v) is 1.56. The zero-order valence-electron chi connectivity index (χ0n) is 10.2. The lowest BCUT2D eigenvalue weighted by Crippen LogP contribution is -2.12. The molecule has 94 valence electrons. The summed E-state index contributed by atoms with van der Waals surface area (Å²) in [4.78, 5) is 25.8. The van der Waals surface area contributed by atoms with E-state index >= 15 is 0 Å². The molecule has 1 aromatic carbocycles. The molecule has 2 N–H and O–H groups in total. The molecule has 2 rings (SSSR count). The first kappa shape index (κ1) is 12.6. The smallest absolute Gasteiger partial charge is 0.272 e. The average molecular weight is 253 g/mol. The summed E-state index contributed by atoms with van der Waals surface area (Å²) in [6, 6.07) is 10.0. The fraction of sp³-hybridized carbons (Fsp3) is 0.0714. The predicted octanol–water partition coefficient (Wildman–Crippen LogP) is 2.34. The molecule has 0 aliphatic rings. The number of nitrogens with one attached hydrogen (secondary N) is 2. The molecule has 2 aromatic rings. The van der Waals surface area contributed by atoms with Gasteiger partial charge in [-0.2, -0.15) is 5.26 Å². The van der Waals surface area contributed by atoms with Crippen LogP contribution in [0.25, 0.3) is 0 Å². The molecule has 0 bridgehead atoms. The standard InChI is InChI=1S/C14H11N3O2/c1-9(18)11-6-13(16-8-11)14(19)17-12-4-2-10(7-15)3-5-12/h2-6,8,16H,1H3,(H,17,19). The van der Waals surface area contributed by atoms with E-state index in [-0.39, 0.29) is 11.7 Å². The quantitative estimate of drug-likeness (QED) is 0.823. The van der Waals surface area contributed by atoms with Crippen LogP contribution in [0, 0.1) is 11.3 Å². The summed E-state index contributed by atoms with van der Waals surface area (Å²) in [5.74, 6) is -0.439. The van der Waals surface area contributed by atoms with Crippen LogP contribution in [-0.2, 0) is 0 Å². The summed E-state index contributed by atoms with van der Waals surface area (Å²) in [6.07, 6.45) is 1.50. The van der Waals surface area contributed by atoms with Gasteiger partial charge in [-0.3, -0.25) is 9.59 Å². The summed E-state index contributed by atoms with van der Waals surface area (Å²) in [6.45, 7) is 1.44. The third-order valence-corrected chi connectivity index (χ3v) is 2.61. The Morgan fingerprint density at radius 3 is 2.47 bits per heavy atom. The molecule has 0 atom stereocenters. The lowest BCUT2D eigenvalue weighted by atomic mass is 10.2. The lowest BCUT2D eigenvalue weighted by Gasteiger charge is -2.03. The average Bonchev–Trinajstić information content (AvgIpc) is 2.89. The molecule has 0 unspecified atom stereocenters. The van der Waals surface area contributed by atoms with E-state index in [1.807, 2.05) is 6.07 Å². The highest BCUT2D eigenvalue weighted by atomic mass is 16.2. The Morgan fingerprint density at radius 1 is 1.26 bits per heavy atom. The van der Waals surface area contributed by atoms with Gasteiger partial charge in [0, 0.05) is 17.4 Å². The van der Waals surface area contributed by atoms with Gasteiger partial charge in [-0.15, -0.1) is 0 Å². The summed E-state index contributed by atoms with van der Waals surface area (Å²) in [7, 11) is 0. The van der Waals surface area contributed by atoms with E-state index in [1.54, 1.807) is 24.3 Å². The highest BCUT2D eigenvalue weighted by Crippen LogP contribution is 2.11. The number of amides is 1. The van der Waals surface area contributed by atoms with Gasteiger partial charge >= 0.3 is 0 Å². The molecule has 0 fully saturated rings. The number of H-pyrrole nitrogens is 1. The monoisotopic (exact) mass is 253 g/mol. The van der Waals surface area contributed by atoms with Crippen molar-refractivity contribution in [3.8, 4) is 6.07 Å². The van der Waals surface area contributed by atoms with Gasteiger partial charge < -0.3 is 10.3 Å². The van der Waals surface area contributed by atoms with Crippen LogP contribution < -0.4 is 5.32 Å². The Bertz CT molecular complexity index is 663. The van der Waals surface area contributed by atoms with E-state index in [1.165, 1.54) is 19.2 Å². The first-order valence-corrected chi connectivity index (χ1v) is 5.61. The third kappa shape index (κ3) is 2.87. The van der Waals surface area contributed by atoms with Crippen molar-refractivity contribution in [1.82, 2.24) is 4.98 Å². The number of Topliss-reactive ketones (excluding diaryl/α,β-unsaturated/α-hetero) is 1. The third-order valence-electron chi connectivity index (χ3n) is 2.61. The highest BCUT2D eigenvalue weighted by molar-refractivity contribution is 6.05. The van der Waals surface area contributed by atoms with Gasteiger partial charge in [0.25, 0.3) is 5.91 Å². The molecule has 0 saturated carbocycles. The van der Waals surface area contributed by atoms with Crippen LogP contribution in [0.15, 0.2) is 36.5 Å². The minimum atomic E-state index is -0.336. The van der Waals surface area contributed by atoms with E-state index in [0.717, 1.165) is 0 Å². The number of ketones is 1. The van der Waals surface area contributed by atoms with Gasteiger partial charge in [0.2, 0.25) is 0 Å². The van der Waals surface area contributed by atoms with Gasteiger partial charge in [0.1, 0.15) is 5.69 Å². The maximum atomic E-state index is 11.9. The second-order valence-electron chi connectivity index (χ2n) is 4.00. The highest BCUT2D eigenvalue weighted by Gasteiger charge is 2.10. The Balaban J connectivity index is 2.11. The van der Waals surface area contributed by atoms with E-state index in [0.29, 0.717) is 22.5 Å². The first-order valence-electron chi connectivity index (χ1n) is 5.61. The summed E-state index contributed by atoms with van der Waals surface area (Å²) in [5.41, 5.74) is 1.89. The molecule has 19 heavy (non-hydrogen) atoms. The molecular weight excluding hydrogens is 242 g/mol. The van der Waals surface area contributed by atoms with E-state index in [2.05, 4.69) is 10.3 Å². The molecule has 1 amide bonds. The van der Waals surface area contributed by atoms with Gasteiger partial charge in [-0.25, -0.2) is 0 Å². The molecule has 0 radical (unpaired) electrons. The number of carbonyl (C=O) groups excluding carboxylic acids is 2. The van der Waals surface area contributed by atoms with Crippen molar-refractivity contribution in [2.75, 3.05) is 5.32 Å².